The lowest BCUT2D eigenvalue weighted by molar-refractivity contribution is 0.294. The molecule has 0 aromatic carbocycles. The number of hydrogen-bond acceptors (Lipinski definition) is 6. The van der Waals surface area contributed by atoms with Gasteiger partial charge in [-0.2, -0.15) is 0 Å². The summed E-state index contributed by atoms with van der Waals surface area (Å²) in [4.78, 5) is 13.9. The zero-order valence-electron chi connectivity index (χ0n) is 14.1. The molecule has 2 saturated heterocycles. The lowest BCUT2D eigenvalue weighted by Gasteiger charge is -2.22. The van der Waals surface area contributed by atoms with Crippen molar-refractivity contribution < 1.29 is 4.52 Å². The van der Waals surface area contributed by atoms with E-state index >= 15 is 0 Å². The van der Waals surface area contributed by atoms with Gasteiger partial charge in [0.15, 0.2) is 0 Å². The molecule has 2 aromatic heterocycles. The summed E-state index contributed by atoms with van der Waals surface area (Å²) in [7, 11) is 0. The smallest absolute Gasteiger partial charge is 0.133 e. The van der Waals surface area contributed by atoms with Crippen LogP contribution in [0.4, 0.5) is 5.82 Å². The van der Waals surface area contributed by atoms with Crippen molar-refractivity contribution in [3.63, 3.8) is 0 Å². The lowest BCUT2D eigenvalue weighted by atomic mass is 10.0. The summed E-state index contributed by atoms with van der Waals surface area (Å²) in [6.07, 6.45) is 4.33. The Labute approximate surface area is 141 Å². The Hall–Kier alpha value is -1.95. The number of fused-ring (bicyclic) bond motifs is 1. The van der Waals surface area contributed by atoms with Crippen LogP contribution in [-0.2, 0) is 6.54 Å². The van der Waals surface area contributed by atoms with Gasteiger partial charge in [-0.15, -0.1) is 0 Å². The number of rotatable bonds is 4. The van der Waals surface area contributed by atoms with E-state index in [4.69, 9.17) is 4.52 Å². The molecule has 3 aliphatic rings. The van der Waals surface area contributed by atoms with Crippen LogP contribution in [0.15, 0.2) is 23.0 Å². The Balaban J connectivity index is 1.22. The normalized spacial score (nSPS) is 27.0. The molecule has 126 valence electrons. The van der Waals surface area contributed by atoms with E-state index in [1.54, 1.807) is 6.33 Å². The van der Waals surface area contributed by atoms with Gasteiger partial charge >= 0.3 is 0 Å². The number of aromatic nitrogens is 3. The molecule has 6 nitrogen and oxygen atoms in total. The molecular formula is C18H23N5O. The maximum Gasteiger partial charge on any atom is 0.133 e. The van der Waals surface area contributed by atoms with Gasteiger partial charge in [-0.1, -0.05) is 5.16 Å². The van der Waals surface area contributed by atoms with E-state index < -0.39 is 0 Å². The Kier molecular flexibility index (Phi) is 3.33. The molecule has 5 rings (SSSR count). The van der Waals surface area contributed by atoms with E-state index in [0.29, 0.717) is 5.92 Å². The van der Waals surface area contributed by atoms with E-state index in [2.05, 4.69) is 31.0 Å². The maximum absolute atomic E-state index is 5.18. The van der Waals surface area contributed by atoms with Crippen molar-refractivity contribution in [3.05, 3.63) is 35.6 Å². The lowest BCUT2D eigenvalue weighted by Crippen LogP contribution is -2.29. The van der Waals surface area contributed by atoms with Crippen molar-refractivity contribution >= 4 is 5.82 Å². The number of likely N-dealkylation sites (tertiary alicyclic amines) is 1. The minimum atomic E-state index is 0.690. The topological polar surface area (TPSA) is 58.3 Å². The standard InChI is InChI=1S/C18H23N5O/c1-12-4-16(21-24-12)10-22-6-14-8-23(9-15(14)7-22)18-5-17(13-2-3-13)19-11-20-18/h4-5,11,13-15H,2-3,6-10H2,1H3. The van der Waals surface area contributed by atoms with Crippen molar-refractivity contribution in [2.75, 3.05) is 31.1 Å². The van der Waals surface area contributed by atoms with E-state index in [0.717, 1.165) is 61.8 Å². The van der Waals surface area contributed by atoms with Crippen LogP contribution in [0.3, 0.4) is 0 Å². The van der Waals surface area contributed by atoms with Gasteiger partial charge in [-0.05, 0) is 31.6 Å². The monoisotopic (exact) mass is 325 g/mol. The molecule has 24 heavy (non-hydrogen) atoms. The molecule has 2 aromatic rings. The SMILES string of the molecule is Cc1cc(CN2CC3CN(c4cc(C5CC5)ncn4)CC3C2)no1. The summed E-state index contributed by atoms with van der Waals surface area (Å²) in [5.74, 6) is 4.18. The summed E-state index contributed by atoms with van der Waals surface area (Å²) in [6, 6.07) is 4.26. The summed E-state index contributed by atoms with van der Waals surface area (Å²) in [5.41, 5.74) is 2.29. The quantitative estimate of drug-likeness (QED) is 0.859. The van der Waals surface area contributed by atoms with Crippen LogP contribution in [0, 0.1) is 18.8 Å². The van der Waals surface area contributed by atoms with E-state index in [9.17, 15) is 0 Å². The second-order valence-corrected chi connectivity index (χ2v) is 7.62. The van der Waals surface area contributed by atoms with Crippen LogP contribution in [0.2, 0.25) is 0 Å². The summed E-state index contributed by atoms with van der Waals surface area (Å²) in [6.45, 7) is 7.37. The zero-order chi connectivity index (χ0) is 16.1. The minimum absolute atomic E-state index is 0.690. The molecule has 0 amide bonds. The minimum Gasteiger partial charge on any atom is -0.361 e. The average Bonchev–Trinajstić information content (AvgIpc) is 3.09. The number of nitrogens with zero attached hydrogens (tertiary/aromatic N) is 5. The van der Waals surface area contributed by atoms with Crippen molar-refractivity contribution in [1.82, 2.24) is 20.0 Å². The second kappa shape index (κ2) is 5.55. The predicted octanol–water partition coefficient (Wildman–Crippen LogP) is 2.22. The van der Waals surface area contributed by atoms with Crippen LogP contribution in [-0.4, -0.2) is 46.2 Å². The van der Waals surface area contributed by atoms with Gasteiger partial charge in [0.1, 0.15) is 17.9 Å². The van der Waals surface area contributed by atoms with Crippen molar-refractivity contribution in [3.8, 4) is 0 Å². The van der Waals surface area contributed by atoms with Crippen LogP contribution in [0.5, 0.6) is 0 Å². The highest BCUT2D eigenvalue weighted by Gasteiger charge is 2.40. The molecule has 2 aliphatic heterocycles. The van der Waals surface area contributed by atoms with E-state index in [-0.39, 0.29) is 0 Å². The summed E-state index contributed by atoms with van der Waals surface area (Å²) >= 11 is 0. The second-order valence-electron chi connectivity index (χ2n) is 7.62. The van der Waals surface area contributed by atoms with Crippen molar-refractivity contribution in [2.45, 2.75) is 32.2 Å². The summed E-state index contributed by atoms with van der Waals surface area (Å²) < 4.78 is 5.18. The highest BCUT2D eigenvalue weighted by molar-refractivity contribution is 5.42. The molecular weight excluding hydrogens is 302 g/mol. The Morgan fingerprint density at radius 2 is 1.88 bits per heavy atom. The fourth-order valence-corrected chi connectivity index (χ4v) is 4.26. The molecule has 0 radical (unpaired) electrons. The third kappa shape index (κ3) is 2.69. The van der Waals surface area contributed by atoms with Gasteiger partial charge in [0.2, 0.25) is 0 Å². The Morgan fingerprint density at radius 1 is 1.08 bits per heavy atom. The van der Waals surface area contributed by atoms with Crippen LogP contribution < -0.4 is 4.90 Å². The first-order valence-electron chi connectivity index (χ1n) is 8.96. The first-order valence-corrected chi connectivity index (χ1v) is 8.96. The number of anilines is 1. The number of aryl methyl sites for hydroxylation is 1. The third-order valence-electron chi connectivity index (χ3n) is 5.62. The molecule has 1 aliphatic carbocycles. The van der Waals surface area contributed by atoms with E-state index in [1.165, 1.54) is 18.5 Å². The molecule has 2 unspecified atom stereocenters. The molecule has 6 heteroatoms. The van der Waals surface area contributed by atoms with Gasteiger partial charge in [0.25, 0.3) is 0 Å². The van der Waals surface area contributed by atoms with Gasteiger partial charge in [-0.3, -0.25) is 4.90 Å². The average molecular weight is 325 g/mol. The molecule has 2 atom stereocenters. The molecule has 0 N–H and O–H groups in total. The van der Waals surface area contributed by atoms with Crippen LogP contribution >= 0.6 is 0 Å². The highest BCUT2D eigenvalue weighted by Crippen LogP contribution is 2.40. The van der Waals surface area contributed by atoms with Crippen molar-refractivity contribution in [2.24, 2.45) is 11.8 Å². The van der Waals surface area contributed by atoms with Gasteiger partial charge < -0.3 is 9.42 Å². The largest absolute Gasteiger partial charge is 0.361 e. The fourth-order valence-electron chi connectivity index (χ4n) is 4.26. The van der Waals surface area contributed by atoms with Crippen molar-refractivity contribution in [1.29, 1.82) is 0 Å². The predicted molar refractivity (Wildman–Crippen MR) is 89.7 cm³/mol. The first-order chi connectivity index (χ1) is 11.7. The molecule has 4 heterocycles. The summed E-state index contributed by atoms with van der Waals surface area (Å²) in [5, 5.41) is 4.12. The Morgan fingerprint density at radius 3 is 2.54 bits per heavy atom. The molecule has 0 spiro atoms. The molecule has 1 saturated carbocycles. The van der Waals surface area contributed by atoms with Gasteiger partial charge in [-0.25, -0.2) is 9.97 Å². The number of hydrogen-bond donors (Lipinski definition) is 0. The molecule has 0 bridgehead atoms. The zero-order valence-corrected chi connectivity index (χ0v) is 14.1. The van der Waals surface area contributed by atoms with Gasteiger partial charge in [0.05, 0.1) is 5.69 Å². The fraction of sp³-hybridized carbons (Fsp3) is 0.611. The highest BCUT2D eigenvalue weighted by atomic mass is 16.5. The van der Waals surface area contributed by atoms with Crippen LogP contribution in [0.25, 0.3) is 0 Å². The third-order valence-corrected chi connectivity index (χ3v) is 5.62. The first kappa shape index (κ1) is 14.4. The Bertz CT molecular complexity index is 727. The van der Waals surface area contributed by atoms with Crippen LogP contribution in [0.1, 0.15) is 35.9 Å². The molecule has 3 fully saturated rings. The maximum atomic E-state index is 5.18. The van der Waals surface area contributed by atoms with E-state index in [1.807, 2.05) is 13.0 Å². The van der Waals surface area contributed by atoms with Gasteiger partial charge in [0, 0.05) is 56.5 Å².